The van der Waals surface area contributed by atoms with Crippen molar-refractivity contribution in [2.24, 2.45) is 0 Å². The molecule has 90 valence electrons. The zero-order chi connectivity index (χ0) is 12.3. The Balaban J connectivity index is 2.01. The molecular weight excluding hydrogens is 236 g/mol. The number of carbonyl (C=O) groups excluding carboxylic acids is 1. The van der Waals surface area contributed by atoms with E-state index in [1.54, 1.807) is 0 Å². The zero-order valence-corrected chi connectivity index (χ0v) is 10.6. The number of carbonyl (C=O) groups is 1. The van der Waals surface area contributed by atoms with Crippen molar-refractivity contribution >= 4 is 28.8 Å². The summed E-state index contributed by atoms with van der Waals surface area (Å²) in [4.78, 5) is 18.9. The number of fused-ring (bicyclic) bond motifs is 1. The number of thioether (sulfide) groups is 1. The Bertz CT molecular complexity index is 491. The van der Waals surface area contributed by atoms with Crippen LogP contribution >= 0.6 is 11.8 Å². The first-order valence-corrected chi connectivity index (χ1v) is 6.38. The molecule has 0 fully saturated rings. The van der Waals surface area contributed by atoms with Crippen molar-refractivity contribution < 1.29 is 9.53 Å². The molecule has 0 saturated heterocycles. The standard InChI is InChI=1S/C12H14N2O2S/c1-8(12(15)16-2)17-7-11-13-9-5-3-4-6-10(9)14-11/h3-6,8H,7H2,1-2H3,(H,13,14)/t8-/m1/s1. The van der Waals surface area contributed by atoms with Gasteiger partial charge in [-0.15, -0.1) is 11.8 Å². The maximum absolute atomic E-state index is 11.2. The van der Waals surface area contributed by atoms with Gasteiger partial charge in [-0.1, -0.05) is 12.1 Å². The van der Waals surface area contributed by atoms with E-state index in [4.69, 9.17) is 0 Å². The molecule has 0 saturated carbocycles. The number of methoxy groups -OCH3 is 1. The summed E-state index contributed by atoms with van der Waals surface area (Å²) in [5, 5.41) is -0.173. The van der Waals surface area contributed by atoms with E-state index in [1.165, 1.54) is 18.9 Å². The number of esters is 1. The van der Waals surface area contributed by atoms with Crippen molar-refractivity contribution in [1.29, 1.82) is 0 Å². The maximum atomic E-state index is 11.2. The van der Waals surface area contributed by atoms with E-state index in [-0.39, 0.29) is 11.2 Å². The van der Waals surface area contributed by atoms with Gasteiger partial charge in [0, 0.05) is 0 Å². The molecule has 0 spiro atoms. The molecule has 5 heteroatoms. The van der Waals surface area contributed by atoms with E-state index in [0.29, 0.717) is 5.75 Å². The number of hydrogen-bond acceptors (Lipinski definition) is 4. The summed E-state index contributed by atoms with van der Waals surface area (Å²) in [6.45, 7) is 1.83. The summed E-state index contributed by atoms with van der Waals surface area (Å²) in [6, 6.07) is 7.87. The van der Waals surface area contributed by atoms with E-state index in [9.17, 15) is 4.79 Å². The van der Waals surface area contributed by atoms with Crippen molar-refractivity contribution in [3.8, 4) is 0 Å². The van der Waals surface area contributed by atoms with Crippen molar-refractivity contribution in [2.45, 2.75) is 17.9 Å². The van der Waals surface area contributed by atoms with Crippen LogP contribution in [0.1, 0.15) is 12.7 Å². The number of benzene rings is 1. The minimum Gasteiger partial charge on any atom is -0.468 e. The summed E-state index contributed by atoms with van der Waals surface area (Å²) >= 11 is 1.51. The van der Waals surface area contributed by atoms with Crippen LogP contribution in [0.15, 0.2) is 24.3 Å². The average Bonchev–Trinajstić information content (AvgIpc) is 2.77. The predicted molar refractivity (Wildman–Crippen MR) is 68.9 cm³/mol. The third-order valence-electron chi connectivity index (χ3n) is 2.44. The Morgan fingerprint density at radius 2 is 2.29 bits per heavy atom. The van der Waals surface area contributed by atoms with Crippen molar-refractivity contribution in [1.82, 2.24) is 9.97 Å². The van der Waals surface area contributed by atoms with Crippen molar-refractivity contribution in [3.05, 3.63) is 30.1 Å². The first-order valence-electron chi connectivity index (χ1n) is 5.34. The van der Waals surface area contributed by atoms with Gasteiger partial charge < -0.3 is 9.72 Å². The summed E-state index contributed by atoms with van der Waals surface area (Å²) in [6.07, 6.45) is 0. The number of aromatic amines is 1. The number of para-hydroxylation sites is 2. The topological polar surface area (TPSA) is 55.0 Å². The molecule has 1 aromatic carbocycles. The van der Waals surface area contributed by atoms with Gasteiger partial charge in [-0.05, 0) is 19.1 Å². The molecule has 17 heavy (non-hydrogen) atoms. The second-order valence-corrected chi connectivity index (χ2v) is 5.01. The first kappa shape index (κ1) is 12.0. The number of ether oxygens (including phenoxy) is 1. The fraction of sp³-hybridized carbons (Fsp3) is 0.333. The molecule has 1 aromatic heterocycles. The van der Waals surface area contributed by atoms with Crippen LogP contribution in [0, 0.1) is 0 Å². The highest BCUT2D eigenvalue weighted by atomic mass is 32.2. The number of imidazole rings is 1. The molecule has 0 aliphatic heterocycles. The quantitative estimate of drug-likeness (QED) is 0.846. The first-order chi connectivity index (χ1) is 8.20. The second kappa shape index (κ2) is 5.23. The molecule has 1 atom stereocenters. The smallest absolute Gasteiger partial charge is 0.318 e. The fourth-order valence-corrected chi connectivity index (χ4v) is 2.29. The number of hydrogen-bond donors (Lipinski definition) is 1. The van der Waals surface area contributed by atoms with Gasteiger partial charge in [0.2, 0.25) is 0 Å². The summed E-state index contributed by atoms with van der Waals surface area (Å²) < 4.78 is 4.67. The lowest BCUT2D eigenvalue weighted by Crippen LogP contribution is -2.14. The van der Waals surface area contributed by atoms with Crippen LogP contribution in [0.2, 0.25) is 0 Å². The van der Waals surface area contributed by atoms with Crippen LogP contribution in [0.4, 0.5) is 0 Å². The van der Waals surface area contributed by atoms with Crippen LogP contribution in [0.25, 0.3) is 11.0 Å². The SMILES string of the molecule is COC(=O)[C@@H](C)SCc1nc2ccccc2[nH]1. The third kappa shape index (κ3) is 2.79. The lowest BCUT2D eigenvalue weighted by Gasteiger charge is -2.06. The Labute approximate surface area is 104 Å². The van der Waals surface area contributed by atoms with Crippen LogP contribution in [0.5, 0.6) is 0 Å². The molecule has 0 radical (unpaired) electrons. The average molecular weight is 250 g/mol. The van der Waals surface area contributed by atoms with E-state index < -0.39 is 0 Å². The zero-order valence-electron chi connectivity index (χ0n) is 9.77. The van der Waals surface area contributed by atoms with Gasteiger partial charge in [0.15, 0.2) is 0 Å². The van der Waals surface area contributed by atoms with Gasteiger partial charge >= 0.3 is 5.97 Å². The lowest BCUT2D eigenvalue weighted by atomic mass is 10.3. The van der Waals surface area contributed by atoms with E-state index in [0.717, 1.165) is 16.9 Å². The summed E-state index contributed by atoms with van der Waals surface area (Å²) in [5.74, 6) is 1.35. The number of nitrogens with zero attached hydrogens (tertiary/aromatic N) is 1. The molecule has 0 aliphatic rings. The summed E-state index contributed by atoms with van der Waals surface area (Å²) in [7, 11) is 1.40. The molecule has 4 nitrogen and oxygen atoms in total. The van der Waals surface area contributed by atoms with Crippen LogP contribution in [0.3, 0.4) is 0 Å². The van der Waals surface area contributed by atoms with Gasteiger partial charge in [0.25, 0.3) is 0 Å². The molecule has 2 rings (SSSR count). The Morgan fingerprint density at radius 1 is 1.53 bits per heavy atom. The summed E-state index contributed by atoms with van der Waals surface area (Å²) in [5.41, 5.74) is 1.97. The van der Waals surface area contributed by atoms with E-state index in [1.807, 2.05) is 31.2 Å². The van der Waals surface area contributed by atoms with Gasteiger partial charge in [0.05, 0.1) is 23.9 Å². The van der Waals surface area contributed by atoms with Crippen LogP contribution in [-0.2, 0) is 15.3 Å². The Morgan fingerprint density at radius 3 is 3.00 bits per heavy atom. The highest BCUT2D eigenvalue weighted by Crippen LogP contribution is 2.19. The van der Waals surface area contributed by atoms with E-state index >= 15 is 0 Å². The molecule has 1 heterocycles. The normalized spacial score (nSPS) is 12.6. The number of rotatable bonds is 4. The Hall–Kier alpha value is -1.49. The predicted octanol–water partition coefficient (Wildman–Crippen LogP) is 2.36. The number of aromatic nitrogens is 2. The van der Waals surface area contributed by atoms with Crippen LogP contribution < -0.4 is 0 Å². The highest BCUT2D eigenvalue weighted by Gasteiger charge is 2.14. The maximum Gasteiger partial charge on any atom is 0.318 e. The highest BCUT2D eigenvalue weighted by molar-refractivity contribution is 7.99. The molecule has 0 unspecified atom stereocenters. The van der Waals surface area contributed by atoms with E-state index in [2.05, 4.69) is 14.7 Å². The molecule has 0 aliphatic carbocycles. The third-order valence-corrected chi connectivity index (χ3v) is 3.57. The van der Waals surface area contributed by atoms with Crippen molar-refractivity contribution in [2.75, 3.05) is 7.11 Å². The molecule has 1 N–H and O–H groups in total. The molecule has 0 bridgehead atoms. The van der Waals surface area contributed by atoms with Gasteiger partial charge in [0.1, 0.15) is 11.1 Å². The van der Waals surface area contributed by atoms with Gasteiger partial charge in [-0.2, -0.15) is 0 Å². The minimum absolute atomic E-state index is 0.173. The van der Waals surface area contributed by atoms with Crippen molar-refractivity contribution in [3.63, 3.8) is 0 Å². The van der Waals surface area contributed by atoms with Gasteiger partial charge in [-0.3, -0.25) is 4.79 Å². The largest absolute Gasteiger partial charge is 0.468 e. The minimum atomic E-state index is -0.203. The Kier molecular flexibility index (Phi) is 3.68. The molecule has 2 aromatic rings. The monoisotopic (exact) mass is 250 g/mol. The molecular formula is C12H14N2O2S. The lowest BCUT2D eigenvalue weighted by molar-refractivity contribution is -0.139. The van der Waals surface area contributed by atoms with Crippen LogP contribution in [-0.4, -0.2) is 28.3 Å². The number of nitrogens with one attached hydrogen (secondary N) is 1. The number of H-pyrrole nitrogens is 1. The fourth-order valence-electron chi connectivity index (χ4n) is 1.51. The second-order valence-electron chi connectivity index (χ2n) is 3.68. The van der Waals surface area contributed by atoms with Gasteiger partial charge in [-0.25, -0.2) is 4.98 Å². The molecule has 0 amide bonds.